The molecular weight excluding hydrogens is 491 g/mol. The SMILES string of the molecule is COc1cc(NC(=O)COc2ccc(S(=O)(=O)NC3CCCCC3)cc2Cl)c(OC)cc1Cl. The van der Waals surface area contributed by atoms with E-state index in [1.54, 1.807) is 0 Å². The standard InChI is InChI=1S/C22H26Cl2N2O6S/c1-30-20-12-18(21(31-2)11-17(20)24)25-22(27)13-32-19-9-8-15(10-16(19)23)33(28,29)26-14-6-4-3-5-7-14/h8-12,14,26H,3-7,13H2,1-2H3,(H,25,27). The summed E-state index contributed by atoms with van der Waals surface area (Å²) in [5.41, 5.74) is 0.355. The summed E-state index contributed by atoms with van der Waals surface area (Å²) in [7, 11) is -0.790. The van der Waals surface area contributed by atoms with Crippen molar-refractivity contribution in [3.8, 4) is 17.2 Å². The zero-order valence-corrected chi connectivity index (χ0v) is 20.6. The number of ether oxygens (including phenoxy) is 3. The molecule has 1 aliphatic rings. The van der Waals surface area contributed by atoms with E-state index in [-0.39, 0.29) is 28.3 Å². The molecule has 1 fully saturated rings. The van der Waals surface area contributed by atoms with E-state index in [9.17, 15) is 13.2 Å². The Balaban J connectivity index is 1.63. The minimum absolute atomic E-state index is 0.0490. The minimum atomic E-state index is -3.69. The van der Waals surface area contributed by atoms with Crippen molar-refractivity contribution in [3.63, 3.8) is 0 Å². The van der Waals surface area contributed by atoms with Gasteiger partial charge in [0.1, 0.15) is 17.2 Å². The lowest BCUT2D eigenvalue weighted by Gasteiger charge is -2.22. The van der Waals surface area contributed by atoms with Gasteiger partial charge < -0.3 is 19.5 Å². The number of carbonyl (C=O) groups is 1. The molecule has 0 saturated heterocycles. The van der Waals surface area contributed by atoms with Crippen LogP contribution < -0.4 is 24.2 Å². The smallest absolute Gasteiger partial charge is 0.262 e. The molecule has 0 radical (unpaired) electrons. The number of sulfonamides is 1. The molecule has 0 bridgehead atoms. The van der Waals surface area contributed by atoms with Gasteiger partial charge in [-0.05, 0) is 31.0 Å². The van der Waals surface area contributed by atoms with E-state index in [4.69, 9.17) is 37.4 Å². The largest absolute Gasteiger partial charge is 0.495 e. The third-order valence-electron chi connectivity index (χ3n) is 5.25. The number of anilines is 1. The third kappa shape index (κ3) is 6.66. The summed E-state index contributed by atoms with van der Waals surface area (Å²) in [4.78, 5) is 12.4. The summed E-state index contributed by atoms with van der Waals surface area (Å²) in [5.74, 6) is 0.427. The molecule has 180 valence electrons. The Morgan fingerprint density at radius 2 is 1.64 bits per heavy atom. The first kappa shape index (κ1) is 25.4. The van der Waals surface area contributed by atoms with E-state index in [0.717, 1.165) is 32.1 Å². The van der Waals surface area contributed by atoms with Gasteiger partial charge in [-0.3, -0.25) is 4.79 Å². The van der Waals surface area contributed by atoms with Gasteiger partial charge in [0.2, 0.25) is 10.0 Å². The lowest BCUT2D eigenvalue weighted by molar-refractivity contribution is -0.118. The first-order valence-corrected chi connectivity index (χ1v) is 12.6. The van der Waals surface area contributed by atoms with Gasteiger partial charge in [0.15, 0.2) is 6.61 Å². The molecule has 8 nitrogen and oxygen atoms in total. The predicted octanol–water partition coefficient (Wildman–Crippen LogP) is 4.64. The fourth-order valence-electron chi connectivity index (χ4n) is 3.56. The van der Waals surface area contributed by atoms with Crippen LogP contribution in [-0.4, -0.2) is 41.2 Å². The Hall–Kier alpha value is -2.20. The maximum absolute atomic E-state index is 12.7. The van der Waals surface area contributed by atoms with Gasteiger partial charge in [-0.25, -0.2) is 13.1 Å². The van der Waals surface area contributed by atoms with Crippen molar-refractivity contribution in [3.05, 3.63) is 40.4 Å². The van der Waals surface area contributed by atoms with Crippen LogP contribution in [0.25, 0.3) is 0 Å². The Bertz CT molecular complexity index is 1100. The van der Waals surface area contributed by atoms with Crippen LogP contribution in [0.5, 0.6) is 17.2 Å². The van der Waals surface area contributed by atoms with E-state index >= 15 is 0 Å². The molecule has 3 rings (SSSR count). The second-order valence-corrected chi connectivity index (χ2v) is 10.1. The summed E-state index contributed by atoms with van der Waals surface area (Å²) < 4.78 is 43.9. The molecule has 0 aromatic heterocycles. The summed E-state index contributed by atoms with van der Waals surface area (Å²) in [5, 5.41) is 3.08. The summed E-state index contributed by atoms with van der Waals surface area (Å²) in [6.45, 7) is -0.361. The van der Waals surface area contributed by atoms with Crippen LogP contribution >= 0.6 is 23.2 Å². The number of methoxy groups -OCH3 is 2. The number of benzene rings is 2. The zero-order valence-electron chi connectivity index (χ0n) is 18.3. The van der Waals surface area contributed by atoms with Crippen LogP contribution in [0, 0.1) is 0 Å². The van der Waals surface area contributed by atoms with Crippen LogP contribution in [0.15, 0.2) is 35.2 Å². The number of hydrogen-bond acceptors (Lipinski definition) is 6. The van der Waals surface area contributed by atoms with E-state index in [1.165, 1.54) is 44.6 Å². The predicted molar refractivity (Wildman–Crippen MR) is 127 cm³/mol. The second kappa shape index (κ2) is 11.3. The Morgan fingerprint density at radius 3 is 2.27 bits per heavy atom. The number of rotatable bonds is 9. The molecule has 0 spiro atoms. The normalized spacial score (nSPS) is 14.5. The number of amides is 1. The van der Waals surface area contributed by atoms with E-state index < -0.39 is 15.9 Å². The quantitative estimate of drug-likeness (QED) is 0.503. The van der Waals surface area contributed by atoms with Crippen LogP contribution in [0.1, 0.15) is 32.1 Å². The summed E-state index contributed by atoms with van der Waals surface area (Å²) in [6.07, 6.45) is 4.80. The number of carbonyl (C=O) groups excluding carboxylic acids is 1. The highest BCUT2D eigenvalue weighted by Gasteiger charge is 2.23. The molecule has 1 saturated carbocycles. The van der Waals surface area contributed by atoms with Crippen LogP contribution in [-0.2, 0) is 14.8 Å². The number of halogens is 2. The summed E-state index contributed by atoms with van der Waals surface area (Å²) in [6, 6.07) is 7.13. The molecule has 2 aromatic rings. The number of nitrogens with one attached hydrogen (secondary N) is 2. The van der Waals surface area contributed by atoms with E-state index in [2.05, 4.69) is 10.0 Å². The molecule has 0 atom stereocenters. The highest BCUT2D eigenvalue weighted by Crippen LogP contribution is 2.36. The average Bonchev–Trinajstić information content (AvgIpc) is 2.79. The topological polar surface area (TPSA) is 103 Å². The molecule has 0 aliphatic heterocycles. The maximum Gasteiger partial charge on any atom is 0.262 e. The van der Waals surface area contributed by atoms with Gasteiger partial charge in [0.05, 0.1) is 34.8 Å². The lowest BCUT2D eigenvalue weighted by Crippen LogP contribution is -2.36. The fraction of sp³-hybridized carbons (Fsp3) is 0.409. The Morgan fingerprint density at radius 1 is 0.970 bits per heavy atom. The van der Waals surface area contributed by atoms with E-state index in [1.807, 2.05) is 0 Å². The average molecular weight is 517 g/mol. The van der Waals surface area contributed by atoms with Crippen LogP contribution in [0.4, 0.5) is 5.69 Å². The van der Waals surface area contributed by atoms with Crippen molar-refractivity contribution in [2.45, 2.75) is 43.0 Å². The van der Waals surface area contributed by atoms with E-state index in [0.29, 0.717) is 22.2 Å². The highest BCUT2D eigenvalue weighted by atomic mass is 35.5. The monoisotopic (exact) mass is 516 g/mol. The highest BCUT2D eigenvalue weighted by molar-refractivity contribution is 7.89. The Labute approximate surface area is 203 Å². The van der Waals surface area contributed by atoms with Gasteiger partial charge in [-0.1, -0.05) is 42.5 Å². The summed E-state index contributed by atoms with van der Waals surface area (Å²) >= 11 is 12.3. The molecule has 0 unspecified atom stereocenters. The molecule has 1 aliphatic carbocycles. The van der Waals surface area contributed by atoms with Crippen LogP contribution in [0.2, 0.25) is 10.0 Å². The lowest BCUT2D eigenvalue weighted by atomic mass is 9.96. The van der Waals surface area contributed by atoms with Crippen molar-refractivity contribution < 1.29 is 27.4 Å². The number of hydrogen-bond donors (Lipinski definition) is 2. The van der Waals surface area contributed by atoms with Gasteiger partial charge in [-0.2, -0.15) is 0 Å². The zero-order chi connectivity index (χ0) is 24.0. The third-order valence-corrected chi connectivity index (χ3v) is 7.36. The van der Waals surface area contributed by atoms with Crippen LogP contribution in [0.3, 0.4) is 0 Å². The molecule has 0 heterocycles. The first-order valence-electron chi connectivity index (χ1n) is 10.4. The molecule has 11 heteroatoms. The Kier molecular flexibility index (Phi) is 8.69. The van der Waals surface area contributed by atoms with Crippen molar-refractivity contribution in [1.29, 1.82) is 0 Å². The fourth-order valence-corrected chi connectivity index (χ4v) is 5.42. The van der Waals surface area contributed by atoms with Gasteiger partial charge in [0, 0.05) is 18.2 Å². The molecular formula is C22H26Cl2N2O6S. The molecule has 1 amide bonds. The van der Waals surface area contributed by atoms with Gasteiger partial charge in [-0.15, -0.1) is 0 Å². The molecule has 2 N–H and O–H groups in total. The van der Waals surface area contributed by atoms with Crippen molar-refractivity contribution in [2.75, 3.05) is 26.1 Å². The van der Waals surface area contributed by atoms with Gasteiger partial charge in [0.25, 0.3) is 5.91 Å². The van der Waals surface area contributed by atoms with Crippen molar-refractivity contribution >= 4 is 44.8 Å². The second-order valence-electron chi connectivity index (χ2n) is 7.57. The maximum atomic E-state index is 12.7. The first-order chi connectivity index (χ1) is 15.7. The van der Waals surface area contributed by atoms with Crippen molar-refractivity contribution in [2.24, 2.45) is 0 Å². The molecule has 33 heavy (non-hydrogen) atoms. The molecule has 2 aromatic carbocycles. The van der Waals surface area contributed by atoms with Crippen molar-refractivity contribution in [1.82, 2.24) is 4.72 Å². The minimum Gasteiger partial charge on any atom is -0.495 e. The van der Waals surface area contributed by atoms with Gasteiger partial charge >= 0.3 is 0 Å².